The van der Waals surface area contributed by atoms with Gasteiger partial charge in [-0.15, -0.1) is 0 Å². The fourth-order valence-electron chi connectivity index (χ4n) is 2.81. The van der Waals surface area contributed by atoms with Gasteiger partial charge in [-0.25, -0.2) is 13.4 Å². The summed E-state index contributed by atoms with van der Waals surface area (Å²) in [6, 6.07) is 8.13. The van der Waals surface area contributed by atoms with Gasteiger partial charge in [0.15, 0.2) is 0 Å². The maximum Gasteiger partial charge on any atom is 0.418 e. The van der Waals surface area contributed by atoms with Crippen molar-refractivity contribution in [1.82, 2.24) is 9.55 Å². The van der Waals surface area contributed by atoms with E-state index in [4.69, 9.17) is 0 Å². The van der Waals surface area contributed by atoms with Gasteiger partial charge in [0.2, 0.25) is 20.9 Å². The fraction of sp³-hybridized carbons (Fsp3) is 0.176. The van der Waals surface area contributed by atoms with Crippen molar-refractivity contribution in [3.63, 3.8) is 0 Å². The Morgan fingerprint density at radius 2 is 1.90 bits per heavy atom. The predicted molar refractivity (Wildman–Crippen MR) is 99.6 cm³/mol. The number of fused-ring (bicyclic) bond motifs is 1. The molecular weight excluding hydrogens is 429 g/mol. The predicted octanol–water partition coefficient (Wildman–Crippen LogP) is 3.01. The van der Waals surface area contributed by atoms with Gasteiger partial charge in [-0.1, -0.05) is 12.1 Å². The minimum absolute atomic E-state index is 0.289. The topological polar surface area (TPSA) is 124 Å². The molecule has 1 heterocycles. The molecule has 0 spiro atoms. The van der Waals surface area contributed by atoms with Gasteiger partial charge in [0.1, 0.15) is 6.54 Å². The Hall–Kier alpha value is -3.48. The summed E-state index contributed by atoms with van der Waals surface area (Å²) < 4.78 is 65.0. The standard InChI is InChI=1S/C17H13F3N4O5S/c1-30(28,29)16-22-13-4-2-3-5-14(13)23(16)9-15(25)21-12-7-6-10(24(26)27)8-11(12)17(18,19)20/h2-8H,9H2,1H3,(H,21,25). The van der Waals surface area contributed by atoms with Crippen molar-refractivity contribution in [2.24, 2.45) is 0 Å². The number of nitro benzene ring substituents is 1. The van der Waals surface area contributed by atoms with Crippen molar-refractivity contribution in [3.05, 3.63) is 58.1 Å². The van der Waals surface area contributed by atoms with Crippen LogP contribution in [-0.4, -0.2) is 35.1 Å². The molecular formula is C17H13F3N4O5S. The number of hydrogen-bond acceptors (Lipinski definition) is 6. The molecule has 1 N–H and O–H groups in total. The van der Waals surface area contributed by atoms with E-state index in [2.05, 4.69) is 4.98 Å². The molecule has 2 aromatic carbocycles. The van der Waals surface area contributed by atoms with Gasteiger partial charge < -0.3 is 9.88 Å². The van der Waals surface area contributed by atoms with E-state index in [1.807, 2.05) is 5.32 Å². The Balaban J connectivity index is 1.99. The monoisotopic (exact) mass is 442 g/mol. The third-order valence-electron chi connectivity index (χ3n) is 4.05. The van der Waals surface area contributed by atoms with E-state index < -0.39 is 55.5 Å². The molecule has 0 aliphatic rings. The van der Waals surface area contributed by atoms with E-state index >= 15 is 0 Å². The van der Waals surface area contributed by atoms with Crippen LogP contribution in [0.2, 0.25) is 0 Å². The van der Waals surface area contributed by atoms with Crippen molar-refractivity contribution < 1.29 is 31.3 Å². The number of amides is 1. The number of rotatable bonds is 5. The van der Waals surface area contributed by atoms with Gasteiger partial charge in [0.25, 0.3) is 5.69 Å². The number of benzene rings is 2. The Kier molecular flexibility index (Phi) is 5.24. The maximum absolute atomic E-state index is 13.3. The van der Waals surface area contributed by atoms with Crippen molar-refractivity contribution in [3.8, 4) is 0 Å². The normalized spacial score (nSPS) is 12.1. The SMILES string of the molecule is CS(=O)(=O)c1nc2ccccc2n1CC(=O)Nc1ccc([N+](=O)[O-])cc1C(F)(F)F. The number of nitrogens with zero attached hydrogens (tertiary/aromatic N) is 3. The van der Waals surface area contributed by atoms with Crippen LogP contribution in [0.3, 0.4) is 0 Å². The fourth-order valence-corrected chi connectivity index (χ4v) is 3.64. The Labute approximate surface area is 167 Å². The minimum Gasteiger partial charge on any atom is -0.324 e. The highest BCUT2D eigenvalue weighted by Gasteiger charge is 2.35. The van der Waals surface area contributed by atoms with Crippen LogP contribution in [0, 0.1) is 10.1 Å². The average Bonchev–Trinajstić information content (AvgIpc) is 3.00. The number of hydrogen-bond donors (Lipinski definition) is 1. The lowest BCUT2D eigenvalue weighted by Gasteiger charge is -2.14. The minimum atomic E-state index is -4.96. The van der Waals surface area contributed by atoms with Crippen LogP contribution in [0.15, 0.2) is 47.6 Å². The number of anilines is 1. The highest BCUT2D eigenvalue weighted by Crippen LogP contribution is 2.37. The maximum atomic E-state index is 13.3. The second kappa shape index (κ2) is 7.40. The first kappa shape index (κ1) is 21.2. The summed E-state index contributed by atoms with van der Waals surface area (Å²) >= 11 is 0. The van der Waals surface area contributed by atoms with Crippen molar-refractivity contribution in [2.45, 2.75) is 17.9 Å². The number of para-hydroxylation sites is 2. The molecule has 0 unspecified atom stereocenters. The van der Waals surface area contributed by atoms with Gasteiger partial charge in [-0.3, -0.25) is 14.9 Å². The molecule has 0 fully saturated rings. The zero-order valence-corrected chi connectivity index (χ0v) is 16.0. The van der Waals surface area contributed by atoms with Crippen LogP contribution in [0.5, 0.6) is 0 Å². The van der Waals surface area contributed by atoms with Gasteiger partial charge in [-0.05, 0) is 18.2 Å². The molecule has 1 aromatic heterocycles. The molecule has 0 atom stereocenters. The highest BCUT2D eigenvalue weighted by molar-refractivity contribution is 7.90. The molecule has 30 heavy (non-hydrogen) atoms. The Morgan fingerprint density at radius 3 is 2.50 bits per heavy atom. The first-order chi connectivity index (χ1) is 13.9. The quantitative estimate of drug-likeness (QED) is 0.479. The number of sulfone groups is 1. The summed E-state index contributed by atoms with van der Waals surface area (Å²) in [7, 11) is -3.84. The lowest BCUT2D eigenvalue weighted by atomic mass is 10.1. The molecule has 0 aliphatic heterocycles. The van der Waals surface area contributed by atoms with Crippen molar-refractivity contribution in [2.75, 3.05) is 11.6 Å². The van der Waals surface area contributed by atoms with Crippen LogP contribution in [0.1, 0.15) is 5.56 Å². The third-order valence-corrected chi connectivity index (χ3v) is 5.02. The number of nitro groups is 1. The van der Waals surface area contributed by atoms with Crippen LogP contribution < -0.4 is 5.32 Å². The lowest BCUT2D eigenvalue weighted by Crippen LogP contribution is -2.23. The number of aromatic nitrogens is 2. The molecule has 3 rings (SSSR count). The summed E-state index contributed by atoms with van der Waals surface area (Å²) in [5.74, 6) is -0.970. The average molecular weight is 442 g/mol. The number of non-ortho nitro benzene ring substituents is 1. The van der Waals surface area contributed by atoms with Crippen LogP contribution in [0.25, 0.3) is 11.0 Å². The van der Waals surface area contributed by atoms with Gasteiger partial charge >= 0.3 is 6.18 Å². The van der Waals surface area contributed by atoms with E-state index in [-0.39, 0.29) is 5.52 Å². The summed E-state index contributed by atoms with van der Waals surface area (Å²) in [6.45, 7) is -0.642. The number of halogens is 3. The molecule has 158 valence electrons. The van der Waals surface area contributed by atoms with Crippen LogP contribution in [0.4, 0.5) is 24.5 Å². The largest absolute Gasteiger partial charge is 0.418 e. The van der Waals surface area contributed by atoms with E-state index in [0.717, 1.165) is 23.0 Å². The highest BCUT2D eigenvalue weighted by atomic mass is 32.2. The summed E-state index contributed by atoms with van der Waals surface area (Å²) in [5.41, 5.74) is -2.29. The molecule has 0 radical (unpaired) electrons. The second-order valence-corrected chi connectivity index (χ2v) is 8.18. The van der Waals surface area contributed by atoms with Crippen LogP contribution >= 0.6 is 0 Å². The van der Waals surface area contributed by atoms with Gasteiger partial charge in [0, 0.05) is 18.4 Å². The molecule has 3 aromatic rings. The number of nitrogens with one attached hydrogen (secondary N) is 1. The molecule has 13 heteroatoms. The summed E-state index contributed by atoms with van der Waals surface area (Å²) in [5, 5.41) is 12.4. The van der Waals surface area contributed by atoms with E-state index in [9.17, 15) is 36.5 Å². The Morgan fingerprint density at radius 1 is 1.23 bits per heavy atom. The summed E-state index contributed by atoms with van der Waals surface area (Å²) in [6.07, 6.45) is -4.07. The number of carbonyl (C=O) groups is 1. The van der Waals surface area contributed by atoms with Crippen molar-refractivity contribution in [1.29, 1.82) is 0 Å². The molecule has 0 aliphatic carbocycles. The molecule has 0 bridgehead atoms. The van der Waals surface area contributed by atoms with Gasteiger partial charge in [0.05, 0.1) is 27.2 Å². The lowest BCUT2D eigenvalue weighted by molar-refractivity contribution is -0.385. The summed E-state index contributed by atoms with van der Waals surface area (Å²) in [4.78, 5) is 26.2. The van der Waals surface area contributed by atoms with E-state index in [1.54, 1.807) is 12.1 Å². The first-order valence-electron chi connectivity index (χ1n) is 8.19. The number of imidazole rings is 1. The molecule has 0 saturated heterocycles. The molecule has 0 saturated carbocycles. The molecule has 1 amide bonds. The smallest absolute Gasteiger partial charge is 0.324 e. The third kappa shape index (κ3) is 4.25. The zero-order valence-electron chi connectivity index (χ0n) is 15.2. The Bertz CT molecular complexity index is 1270. The van der Waals surface area contributed by atoms with Crippen molar-refractivity contribution >= 4 is 38.2 Å². The number of alkyl halides is 3. The van der Waals surface area contributed by atoms with E-state index in [0.29, 0.717) is 11.6 Å². The number of carbonyl (C=O) groups excluding carboxylic acids is 1. The van der Waals surface area contributed by atoms with E-state index in [1.165, 1.54) is 12.1 Å². The van der Waals surface area contributed by atoms with Gasteiger partial charge in [-0.2, -0.15) is 13.2 Å². The zero-order chi connectivity index (χ0) is 22.3. The first-order valence-corrected chi connectivity index (χ1v) is 10.1. The van der Waals surface area contributed by atoms with Crippen LogP contribution in [-0.2, 0) is 27.4 Å². The second-order valence-electron chi connectivity index (χ2n) is 6.27. The molecule has 9 nitrogen and oxygen atoms in total.